The van der Waals surface area contributed by atoms with Gasteiger partial charge in [-0.05, 0) is 102 Å². The molecule has 6 unspecified atom stereocenters. The third kappa shape index (κ3) is 6.52. The van der Waals surface area contributed by atoms with Gasteiger partial charge in [0.1, 0.15) is 11.5 Å². The molecule has 1 saturated heterocycles. The predicted molar refractivity (Wildman–Crippen MR) is 237 cm³/mol. The van der Waals surface area contributed by atoms with Crippen molar-refractivity contribution in [1.82, 2.24) is 9.88 Å². The van der Waals surface area contributed by atoms with Crippen molar-refractivity contribution in [3.8, 4) is 22.6 Å². The molecular weight excluding hydrogens is 713 g/mol. The fourth-order valence-corrected chi connectivity index (χ4v) is 12.3. The topological polar surface area (TPSA) is 29.3 Å². The predicted octanol–water partition coefficient (Wildman–Crippen LogP) is 13.0. The van der Waals surface area contributed by atoms with Crippen LogP contribution in [0.15, 0.2) is 185 Å². The Kier molecular flexibility index (Phi) is 9.11. The highest BCUT2D eigenvalue weighted by Gasteiger charge is 2.47. The van der Waals surface area contributed by atoms with Crippen molar-refractivity contribution in [2.75, 3.05) is 0 Å². The summed E-state index contributed by atoms with van der Waals surface area (Å²) in [6, 6.07) is 30.3. The monoisotopic (exact) mass is 760 g/mol. The van der Waals surface area contributed by atoms with Crippen LogP contribution < -0.4 is 0 Å². The van der Waals surface area contributed by atoms with Crippen LogP contribution >= 0.6 is 11.8 Å². The van der Waals surface area contributed by atoms with E-state index < -0.39 is 0 Å². The standard InChI is InChI=1S/C53H48N2OS/c1-3-12-35(13-4-1)37-24-26-38(27-25-37)53-54-52-45-30-28-41(32-42(45)29-31-48(52)56-53)40-17-10-19-44(34-40)55(43-18-9-16-39(33-43)36-14-5-2-6-15-36)47-21-11-23-50-51(47)46-20-7-8-22-49(46)57-50/h1-7,9-16,19-21,23-28,30,33-34,40,42-43,46,49-51H,8,17-18,22,29,31-32H2/t40?,42?,43?,46?,49?,50-,51?/m0/s1. The lowest BCUT2D eigenvalue weighted by Crippen LogP contribution is -2.40. The Morgan fingerprint density at radius 2 is 1.51 bits per heavy atom. The molecule has 0 N–H and O–H groups in total. The molecule has 4 aromatic rings. The third-order valence-electron chi connectivity index (χ3n) is 13.3. The summed E-state index contributed by atoms with van der Waals surface area (Å²) < 4.78 is 6.46. The minimum absolute atomic E-state index is 0.245. The van der Waals surface area contributed by atoms with E-state index in [2.05, 4.69) is 181 Å². The quantitative estimate of drug-likeness (QED) is 0.175. The number of benzene rings is 3. The minimum Gasteiger partial charge on any atom is -0.441 e. The number of allylic oxidation sites excluding steroid dienone is 14. The second-order valence-corrected chi connectivity index (χ2v) is 18.1. The smallest absolute Gasteiger partial charge is 0.226 e. The molecular formula is C53H48N2OS. The first-order chi connectivity index (χ1) is 28.2. The molecule has 57 heavy (non-hydrogen) atoms. The zero-order valence-electron chi connectivity index (χ0n) is 32.3. The molecule has 7 aliphatic rings. The van der Waals surface area contributed by atoms with Crippen LogP contribution in [0.4, 0.5) is 0 Å². The van der Waals surface area contributed by atoms with Crippen LogP contribution in [-0.2, 0) is 6.42 Å². The van der Waals surface area contributed by atoms with E-state index in [1.807, 2.05) is 0 Å². The maximum absolute atomic E-state index is 6.46. The summed E-state index contributed by atoms with van der Waals surface area (Å²) >= 11 is 2.22. The number of aromatic nitrogens is 1. The molecule has 2 heterocycles. The summed E-state index contributed by atoms with van der Waals surface area (Å²) in [6.07, 6.45) is 39.5. The second kappa shape index (κ2) is 14.9. The zero-order chi connectivity index (χ0) is 37.7. The van der Waals surface area contributed by atoms with E-state index in [1.165, 1.54) is 52.1 Å². The number of rotatable bonds is 7. The maximum atomic E-state index is 6.46. The molecule has 6 aliphatic carbocycles. The van der Waals surface area contributed by atoms with Crippen LogP contribution in [0, 0.1) is 23.7 Å². The van der Waals surface area contributed by atoms with E-state index in [1.54, 1.807) is 5.57 Å². The van der Waals surface area contributed by atoms with E-state index in [9.17, 15) is 0 Å². The van der Waals surface area contributed by atoms with Crippen molar-refractivity contribution in [3.05, 3.63) is 198 Å². The summed E-state index contributed by atoms with van der Waals surface area (Å²) in [5.74, 6) is 3.67. The van der Waals surface area contributed by atoms with Gasteiger partial charge < -0.3 is 9.32 Å². The molecule has 0 radical (unpaired) electrons. The average Bonchev–Trinajstić information content (AvgIpc) is 3.90. The van der Waals surface area contributed by atoms with Crippen molar-refractivity contribution in [1.29, 1.82) is 0 Å². The average molecular weight is 761 g/mol. The Morgan fingerprint density at radius 1 is 0.719 bits per heavy atom. The second-order valence-electron chi connectivity index (χ2n) is 16.7. The van der Waals surface area contributed by atoms with Gasteiger partial charge in [0, 0.05) is 45.7 Å². The maximum Gasteiger partial charge on any atom is 0.226 e. The van der Waals surface area contributed by atoms with Crippen molar-refractivity contribution in [2.45, 2.75) is 61.5 Å². The molecule has 7 atom stereocenters. The molecule has 0 bridgehead atoms. The SMILES string of the molecule is C1=C[C@@H]2SC3CCC=CC3C2C(N(C2=CC(C3=CC=C4c5nc(-c6ccc(-c7ccccc7)cc6)oc5CCC4C3)CC=C2)C2C=C(c3ccccc3)C=CC2)=C1. The van der Waals surface area contributed by atoms with Crippen molar-refractivity contribution >= 4 is 22.9 Å². The lowest BCUT2D eigenvalue weighted by atomic mass is 9.74. The number of hydrogen-bond acceptors (Lipinski definition) is 4. The molecule has 282 valence electrons. The Labute approximate surface area is 341 Å². The number of aryl methyl sites for hydroxylation is 1. The third-order valence-corrected chi connectivity index (χ3v) is 15.0. The van der Waals surface area contributed by atoms with Crippen LogP contribution in [0.5, 0.6) is 0 Å². The van der Waals surface area contributed by atoms with Gasteiger partial charge in [-0.25, -0.2) is 4.98 Å². The minimum atomic E-state index is 0.245. The highest BCUT2D eigenvalue weighted by atomic mass is 32.2. The number of oxazole rings is 1. The van der Waals surface area contributed by atoms with Gasteiger partial charge in [0.05, 0.1) is 6.04 Å². The number of thioether (sulfide) groups is 1. The van der Waals surface area contributed by atoms with Gasteiger partial charge in [0.25, 0.3) is 0 Å². The van der Waals surface area contributed by atoms with E-state index in [0.29, 0.717) is 34.2 Å². The van der Waals surface area contributed by atoms with E-state index >= 15 is 0 Å². The van der Waals surface area contributed by atoms with Gasteiger partial charge in [-0.3, -0.25) is 0 Å². The number of nitrogens with zero attached hydrogens (tertiary/aromatic N) is 2. The van der Waals surface area contributed by atoms with Gasteiger partial charge in [0.15, 0.2) is 0 Å². The highest BCUT2D eigenvalue weighted by Crippen LogP contribution is 2.54. The van der Waals surface area contributed by atoms with E-state index in [-0.39, 0.29) is 6.04 Å². The van der Waals surface area contributed by atoms with Crippen LogP contribution in [0.25, 0.3) is 33.7 Å². The molecule has 1 fully saturated rings. The first-order valence-corrected chi connectivity index (χ1v) is 22.1. The highest BCUT2D eigenvalue weighted by molar-refractivity contribution is 8.01. The molecule has 4 heteroatoms. The first kappa shape index (κ1) is 34.9. The van der Waals surface area contributed by atoms with Gasteiger partial charge in [-0.2, -0.15) is 0 Å². The van der Waals surface area contributed by atoms with E-state index in [4.69, 9.17) is 9.40 Å². The van der Waals surface area contributed by atoms with Crippen molar-refractivity contribution < 1.29 is 4.42 Å². The fraction of sp³-hybridized carbons (Fsp3) is 0.264. The molecule has 0 amide bonds. The van der Waals surface area contributed by atoms with Crippen molar-refractivity contribution in [2.24, 2.45) is 23.7 Å². The lowest BCUT2D eigenvalue weighted by molar-refractivity contribution is 0.294. The summed E-state index contributed by atoms with van der Waals surface area (Å²) in [6.45, 7) is 0. The van der Waals surface area contributed by atoms with Gasteiger partial charge in [-0.1, -0.05) is 145 Å². The molecule has 1 aromatic heterocycles. The lowest BCUT2D eigenvalue weighted by Gasteiger charge is -2.42. The summed E-state index contributed by atoms with van der Waals surface area (Å²) in [5.41, 5.74) is 12.9. The molecule has 0 saturated carbocycles. The van der Waals surface area contributed by atoms with Gasteiger partial charge in [-0.15, -0.1) is 11.8 Å². The van der Waals surface area contributed by atoms with Crippen LogP contribution in [0.2, 0.25) is 0 Å². The Balaban J connectivity index is 0.908. The van der Waals surface area contributed by atoms with Crippen LogP contribution in [0.1, 0.15) is 55.5 Å². The largest absolute Gasteiger partial charge is 0.441 e. The summed E-state index contributed by atoms with van der Waals surface area (Å²) in [4.78, 5) is 7.90. The number of hydrogen-bond donors (Lipinski definition) is 0. The zero-order valence-corrected chi connectivity index (χ0v) is 33.1. The Hall–Kier alpha value is -5.32. The molecule has 3 nitrogen and oxygen atoms in total. The first-order valence-electron chi connectivity index (χ1n) is 21.1. The molecule has 11 rings (SSSR count). The normalized spacial score (nSPS) is 28.2. The molecule has 3 aromatic carbocycles. The Morgan fingerprint density at radius 3 is 2.37 bits per heavy atom. The molecule has 0 spiro atoms. The van der Waals surface area contributed by atoms with Crippen LogP contribution in [-0.4, -0.2) is 26.4 Å². The summed E-state index contributed by atoms with van der Waals surface area (Å²) in [7, 11) is 0. The van der Waals surface area contributed by atoms with Crippen molar-refractivity contribution in [3.63, 3.8) is 0 Å². The van der Waals surface area contributed by atoms with Gasteiger partial charge >= 0.3 is 0 Å². The fourth-order valence-electron chi connectivity index (χ4n) is 10.5. The number of fused-ring (bicyclic) bond motifs is 6. The van der Waals surface area contributed by atoms with Gasteiger partial charge in [0.2, 0.25) is 5.89 Å². The van der Waals surface area contributed by atoms with E-state index in [0.717, 1.165) is 55.0 Å². The van der Waals surface area contributed by atoms with Crippen LogP contribution in [0.3, 0.4) is 0 Å². The molecule has 1 aliphatic heterocycles. The summed E-state index contributed by atoms with van der Waals surface area (Å²) in [5, 5.41) is 1.23. The Bertz CT molecular complexity index is 2450.